The molecule has 0 aliphatic carbocycles. The molecular weight excluding hydrogens is 288 g/mol. The Labute approximate surface area is 138 Å². The summed E-state index contributed by atoms with van der Waals surface area (Å²) >= 11 is 0. The molecule has 1 aliphatic rings. The highest BCUT2D eigenvalue weighted by atomic mass is 16.2. The van der Waals surface area contributed by atoms with Crippen molar-refractivity contribution in [2.24, 2.45) is 5.92 Å². The van der Waals surface area contributed by atoms with Gasteiger partial charge in [-0.25, -0.2) is 0 Å². The molecule has 2 rings (SSSR count). The molecule has 1 aromatic carbocycles. The fourth-order valence-corrected chi connectivity index (χ4v) is 3.08. The van der Waals surface area contributed by atoms with E-state index in [1.807, 2.05) is 18.2 Å². The van der Waals surface area contributed by atoms with Crippen LogP contribution >= 0.6 is 0 Å². The van der Waals surface area contributed by atoms with Crippen molar-refractivity contribution in [2.45, 2.75) is 38.6 Å². The molecule has 0 saturated carbocycles. The van der Waals surface area contributed by atoms with E-state index in [1.54, 1.807) is 4.90 Å². The van der Waals surface area contributed by atoms with E-state index in [-0.39, 0.29) is 23.8 Å². The molecule has 4 nitrogen and oxygen atoms in total. The van der Waals surface area contributed by atoms with Crippen molar-refractivity contribution < 1.29 is 9.59 Å². The lowest BCUT2D eigenvalue weighted by molar-refractivity contribution is -0.132. The maximum absolute atomic E-state index is 12.6. The van der Waals surface area contributed by atoms with Gasteiger partial charge in [-0.2, -0.15) is 0 Å². The molecule has 0 radical (unpaired) electrons. The first-order chi connectivity index (χ1) is 11.2. The van der Waals surface area contributed by atoms with Crippen LogP contribution in [0, 0.1) is 5.92 Å². The number of carbonyl (C=O) groups excluding carboxylic acids is 2. The molecule has 1 N–H and O–H groups in total. The third-order valence-electron chi connectivity index (χ3n) is 4.45. The van der Waals surface area contributed by atoms with E-state index in [2.05, 4.69) is 31.0 Å². The SMILES string of the molecule is C=CC(=O)N1CCC(C(=O)NC(CCC)c2ccccc2)CC1. The summed E-state index contributed by atoms with van der Waals surface area (Å²) in [4.78, 5) is 25.9. The molecule has 1 fully saturated rings. The number of hydrogen-bond donors (Lipinski definition) is 1. The first kappa shape index (κ1) is 17.3. The van der Waals surface area contributed by atoms with Crippen LogP contribution in [0.2, 0.25) is 0 Å². The molecule has 23 heavy (non-hydrogen) atoms. The molecule has 1 saturated heterocycles. The van der Waals surface area contributed by atoms with Gasteiger partial charge >= 0.3 is 0 Å². The molecule has 1 aliphatic heterocycles. The van der Waals surface area contributed by atoms with Crippen LogP contribution in [0.25, 0.3) is 0 Å². The van der Waals surface area contributed by atoms with Crippen LogP contribution in [0.4, 0.5) is 0 Å². The van der Waals surface area contributed by atoms with Gasteiger partial charge in [0.25, 0.3) is 0 Å². The second-order valence-corrected chi connectivity index (χ2v) is 6.06. The molecular formula is C19H26N2O2. The van der Waals surface area contributed by atoms with Crippen LogP contribution in [-0.2, 0) is 9.59 Å². The quantitative estimate of drug-likeness (QED) is 0.820. The summed E-state index contributed by atoms with van der Waals surface area (Å²) in [6.07, 6.45) is 4.74. The van der Waals surface area contributed by atoms with Gasteiger partial charge < -0.3 is 10.2 Å². The van der Waals surface area contributed by atoms with E-state index < -0.39 is 0 Å². The van der Waals surface area contributed by atoms with Crippen molar-refractivity contribution in [1.29, 1.82) is 0 Å². The average molecular weight is 314 g/mol. The minimum atomic E-state index is -0.0444. The third kappa shape index (κ3) is 4.68. The topological polar surface area (TPSA) is 49.4 Å². The lowest BCUT2D eigenvalue weighted by Gasteiger charge is -2.31. The number of hydrogen-bond acceptors (Lipinski definition) is 2. The van der Waals surface area contributed by atoms with E-state index in [4.69, 9.17) is 0 Å². The lowest BCUT2D eigenvalue weighted by Crippen LogP contribution is -2.43. The van der Waals surface area contributed by atoms with Gasteiger partial charge in [-0.15, -0.1) is 0 Å². The van der Waals surface area contributed by atoms with Crippen LogP contribution in [0.1, 0.15) is 44.2 Å². The summed E-state index contributed by atoms with van der Waals surface area (Å²) in [6, 6.07) is 10.2. The van der Waals surface area contributed by atoms with Crippen molar-refractivity contribution in [3.05, 3.63) is 48.6 Å². The minimum Gasteiger partial charge on any atom is -0.349 e. The van der Waals surface area contributed by atoms with Crippen LogP contribution < -0.4 is 5.32 Å². The molecule has 4 heteroatoms. The summed E-state index contributed by atoms with van der Waals surface area (Å²) in [5.74, 6) is 0.0574. The van der Waals surface area contributed by atoms with Gasteiger partial charge in [0, 0.05) is 19.0 Å². The molecule has 2 amide bonds. The number of nitrogens with one attached hydrogen (secondary N) is 1. The maximum Gasteiger partial charge on any atom is 0.245 e. The molecule has 1 heterocycles. The smallest absolute Gasteiger partial charge is 0.245 e. The Balaban J connectivity index is 1.92. The Morgan fingerprint density at radius 2 is 1.96 bits per heavy atom. The van der Waals surface area contributed by atoms with Crippen LogP contribution in [0.15, 0.2) is 43.0 Å². The second-order valence-electron chi connectivity index (χ2n) is 6.06. The number of piperidine rings is 1. The number of rotatable bonds is 6. The van der Waals surface area contributed by atoms with Gasteiger partial charge in [0.1, 0.15) is 0 Å². The summed E-state index contributed by atoms with van der Waals surface area (Å²) in [7, 11) is 0. The van der Waals surface area contributed by atoms with Gasteiger partial charge in [0.2, 0.25) is 11.8 Å². The molecule has 1 aromatic rings. The second kappa shape index (κ2) is 8.51. The standard InChI is InChI=1S/C19H26N2O2/c1-3-8-17(15-9-6-5-7-10-15)20-19(23)16-11-13-21(14-12-16)18(22)4-2/h4-7,9-10,16-17H,2-3,8,11-14H2,1H3,(H,20,23). The predicted molar refractivity (Wildman–Crippen MR) is 91.7 cm³/mol. The van der Waals surface area contributed by atoms with E-state index in [0.29, 0.717) is 13.1 Å². The van der Waals surface area contributed by atoms with E-state index in [9.17, 15) is 9.59 Å². The maximum atomic E-state index is 12.6. The predicted octanol–water partition coefficient (Wildman–Crippen LogP) is 3.07. The van der Waals surface area contributed by atoms with Crippen molar-refractivity contribution >= 4 is 11.8 Å². The Bertz CT molecular complexity index is 534. The van der Waals surface area contributed by atoms with Gasteiger partial charge in [-0.1, -0.05) is 50.3 Å². The largest absolute Gasteiger partial charge is 0.349 e. The van der Waals surface area contributed by atoms with Crippen molar-refractivity contribution in [3.8, 4) is 0 Å². The third-order valence-corrected chi connectivity index (χ3v) is 4.45. The molecule has 1 atom stereocenters. The van der Waals surface area contributed by atoms with Gasteiger partial charge in [0.05, 0.1) is 6.04 Å². The van der Waals surface area contributed by atoms with Gasteiger partial charge in [0.15, 0.2) is 0 Å². The number of carbonyl (C=O) groups is 2. The van der Waals surface area contributed by atoms with E-state index in [0.717, 1.165) is 31.2 Å². The minimum absolute atomic E-state index is 0.00747. The Morgan fingerprint density at radius 3 is 2.52 bits per heavy atom. The molecule has 0 bridgehead atoms. The van der Waals surface area contributed by atoms with Gasteiger partial charge in [-0.05, 0) is 30.9 Å². The fraction of sp³-hybridized carbons (Fsp3) is 0.474. The first-order valence-corrected chi connectivity index (χ1v) is 8.42. The van der Waals surface area contributed by atoms with E-state index in [1.165, 1.54) is 6.08 Å². The summed E-state index contributed by atoms with van der Waals surface area (Å²) in [5, 5.41) is 3.20. The zero-order chi connectivity index (χ0) is 16.7. The number of amides is 2. The molecule has 124 valence electrons. The average Bonchev–Trinajstić information content (AvgIpc) is 2.61. The normalized spacial score (nSPS) is 16.7. The highest BCUT2D eigenvalue weighted by Crippen LogP contribution is 2.22. The summed E-state index contributed by atoms with van der Waals surface area (Å²) < 4.78 is 0. The summed E-state index contributed by atoms with van der Waals surface area (Å²) in [6.45, 7) is 6.90. The lowest BCUT2D eigenvalue weighted by atomic mass is 9.94. The fourth-order valence-electron chi connectivity index (χ4n) is 3.08. The van der Waals surface area contributed by atoms with Crippen molar-refractivity contribution in [2.75, 3.05) is 13.1 Å². The van der Waals surface area contributed by atoms with Crippen LogP contribution in [0.3, 0.4) is 0 Å². The first-order valence-electron chi connectivity index (χ1n) is 8.42. The number of benzene rings is 1. The molecule has 1 unspecified atom stereocenters. The van der Waals surface area contributed by atoms with E-state index >= 15 is 0 Å². The summed E-state index contributed by atoms with van der Waals surface area (Å²) in [5.41, 5.74) is 1.15. The molecule has 0 aromatic heterocycles. The highest BCUT2D eigenvalue weighted by Gasteiger charge is 2.27. The Kier molecular flexibility index (Phi) is 6.39. The highest BCUT2D eigenvalue weighted by molar-refractivity contribution is 5.87. The van der Waals surface area contributed by atoms with Crippen LogP contribution in [-0.4, -0.2) is 29.8 Å². The Hall–Kier alpha value is -2.10. The van der Waals surface area contributed by atoms with Crippen LogP contribution in [0.5, 0.6) is 0 Å². The number of likely N-dealkylation sites (tertiary alicyclic amines) is 1. The van der Waals surface area contributed by atoms with Gasteiger partial charge in [-0.3, -0.25) is 9.59 Å². The molecule has 0 spiro atoms. The zero-order valence-electron chi connectivity index (χ0n) is 13.8. The Morgan fingerprint density at radius 1 is 1.30 bits per heavy atom. The zero-order valence-corrected chi connectivity index (χ0v) is 13.8. The number of nitrogens with zero attached hydrogens (tertiary/aromatic N) is 1. The van der Waals surface area contributed by atoms with Crippen molar-refractivity contribution in [1.82, 2.24) is 10.2 Å². The monoisotopic (exact) mass is 314 g/mol. The van der Waals surface area contributed by atoms with Crippen molar-refractivity contribution in [3.63, 3.8) is 0 Å².